The van der Waals surface area contributed by atoms with Crippen molar-refractivity contribution in [1.29, 1.82) is 0 Å². The molecule has 1 aromatic carbocycles. The van der Waals surface area contributed by atoms with E-state index in [0.717, 1.165) is 56.3 Å². The van der Waals surface area contributed by atoms with Gasteiger partial charge in [-0.3, -0.25) is 4.90 Å². The number of hydrogen-bond donors (Lipinski definition) is 1. The summed E-state index contributed by atoms with van der Waals surface area (Å²) in [5.41, 5.74) is 7.97. The summed E-state index contributed by atoms with van der Waals surface area (Å²) in [6.45, 7) is 4.75. The van der Waals surface area contributed by atoms with Crippen LogP contribution in [-0.4, -0.2) is 44.9 Å². The van der Waals surface area contributed by atoms with Crippen LogP contribution < -0.4 is 10.5 Å². The molecular formula is C13H20N2O2. The second-order valence-electron chi connectivity index (χ2n) is 4.27. The summed E-state index contributed by atoms with van der Waals surface area (Å²) in [7, 11) is 1.68. The Labute approximate surface area is 102 Å². The molecule has 0 aliphatic carbocycles. The number of nitrogens with zero attached hydrogens (tertiary/aromatic N) is 1. The lowest BCUT2D eigenvalue weighted by molar-refractivity contribution is 0.0384. The lowest BCUT2D eigenvalue weighted by Crippen LogP contribution is -2.37. The third-order valence-electron chi connectivity index (χ3n) is 3.15. The fourth-order valence-electron chi connectivity index (χ4n) is 2.03. The minimum absolute atomic E-state index is 0.841. The molecule has 4 nitrogen and oxygen atoms in total. The van der Waals surface area contributed by atoms with Crippen molar-refractivity contribution in [2.24, 2.45) is 0 Å². The average Bonchev–Trinajstić information content (AvgIpc) is 2.39. The van der Waals surface area contributed by atoms with Gasteiger partial charge >= 0.3 is 0 Å². The molecule has 2 rings (SSSR count). The quantitative estimate of drug-likeness (QED) is 0.797. The van der Waals surface area contributed by atoms with E-state index in [1.54, 1.807) is 7.11 Å². The fourth-order valence-corrected chi connectivity index (χ4v) is 2.03. The van der Waals surface area contributed by atoms with Crippen LogP contribution >= 0.6 is 0 Å². The first-order chi connectivity index (χ1) is 8.29. The average molecular weight is 236 g/mol. The first-order valence-electron chi connectivity index (χ1n) is 6.02. The second kappa shape index (κ2) is 5.89. The zero-order chi connectivity index (χ0) is 12.1. The van der Waals surface area contributed by atoms with Gasteiger partial charge in [-0.25, -0.2) is 0 Å². The highest BCUT2D eigenvalue weighted by molar-refractivity contribution is 5.50. The second-order valence-corrected chi connectivity index (χ2v) is 4.27. The van der Waals surface area contributed by atoms with Crippen molar-refractivity contribution < 1.29 is 9.47 Å². The molecule has 1 aromatic rings. The van der Waals surface area contributed by atoms with Gasteiger partial charge in [0.15, 0.2) is 0 Å². The predicted molar refractivity (Wildman–Crippen MR) is 68.4 cm³/mol. The van der Waals surface area contributed by atoms with Gasteiger partial charge in [0.1, 0.15) is 5.75 Å². The maximum atomic E-state index is 5.96. The lowest BCUT2D eigenvalue weighted by atomic mass is 10.1. The molecule has 1 aliphatic heterocycles. The fraction of sp³-hybridized carbons (Fsp3) is 0.538. The zero-order valence-corrected chi connectivity index (χ0v) is 10.3. The Morgan fingerprint density at radius 2 is 2.12 bits per heavy atom. The molecular weight excluding hydrogens is 216 g/mol. The summed E-state index contributed by atoms with van der Waals surface area (Å²) in [5, 5.41) is 0. The van der Waals surface area contributed by atoms with Crippen LogP contribution in [0.15, 0.2) is 18.2 Å². The van der Waals surface area contributed by atoms with Gasteiger partial charge in [-0.15, -0.1) is 0 Å². The molecule has 17 heavy (non-hydrogen) atoms. The van der Waals surface area contributed by atoms with Crippen molar-refractivity contribution in [2.45, 2.75) is 6.42 Å². The normalized spacial score (nSPS) is 17.0. The third kappa shape index (κ3) is 3.35. The van der Waals surface area contributed by atoms with E-state index in [4.69, 9.17) is 15.2 Å². The number of hydrogen-bond acceptors (Lipinski definition) is 4. The topological polar surface area (TPSA) is 47.7 Å². The van der Waals surface area contributed by atoms with E-state index in [0.29, 0.717) is 0 Å². The van der Waals surface area contributed by atoms with Crippen LogP contribution in [0.3, 0.4) is 0 Å². The van der Waals surface area contributed by atoms with E-state index < -0.39 is 0 Å². The molecule has 0 bridgehead atoms. The molecule has 0 amide bonds. The van der Waals surface area contributed by atoms with E-state index in [2.05, 4.69) is 4.90 Å². The number of nitrogens with two attached hydrogens (primary N) is 1. The number of nitrogen functional groups attached to an aromatic ring is 1. The summed E-state index contributed by atoms with van der Waals surface area (Å²) >= 11 is 0. The van der Waals surface area contributed by atoms with E-state index in [-0.39, 0.29) is 0 Å². The highest BCUT2D eigenvalue weighted by Crippen LogP contribution is 2.20. The lowest BCUT2D eigenvalue weighted by Gasteiger charge is -2.26. The van der Waals surface area contributed by atoms with E-state index in [1.165, 1.54) is 0 Å². The standard InChI is InChI=1S/C13H20N2O2/c1-16-12-2-3-13(14)11(10-12)4-5-15-6-8-17-9-7-15/h2-3,10H,4-9,14H2,1H3. The number of methoxy groups -OCH3 is 1. The summed E-state index contributed by atoms with van der Waals surface area (Å²) in [6.07, 6.45) is 0.961. The summed E-state index contributed by atoms with van der Waals surface area (Å²) in [6, 6.07) is 5.83. The smallest absolute Gasteiger partial charge is 0.119 e. The highest BCUT2D eigenvalue weighted by atomic mass is 16.5. The van der Waals surface area contributed by atoms with Crippen LogP contribution in [0.25, 0.3) is 0 Å². The van der Waals surface area contributed by atoms with Gasteiger partial charge in [-0.05, 0) is 30.2 Å². The minimum atomic E-state index is 0.841. The Hall–Kier alpha value is -1.26. The molecule has 0 saturated carbocycles. The van der Waals surface area contributed by atoms with Crippen LogP contribution in [0.5, 0.6) is 5.75 Å². The number of benzene rings is 1. The van der Waals surface area contributed by atoms with Crippen molar-refractivity contribution in [1.82, 2.24) is 4.90 Å². The zero-order valence-electron chi connectivity index (χ0n) is 10.3. The maximum Gasteiger partial charge on any atom is 0.119 e. The number of ether oxygens (including phenoxy) is 2. The first-order valence-corrected chi connectivity index (χ1v) is 6.02. The maximum absolute atomic E-state index is 5.96. The van der Waals surface area contributed by atoms with Gasteiger partial charge in [0.2, 0.25) is 0 Å². The van der Waals surface area contributed by atoms with E-state index in [1.807, 2.05) is 18.2 Å². The third-order valence-corrected chi connectivity index (χ3v) is 3.15. The molecule has 2 N–H and O–H groups in total. The molecule has 1 aliphatic rings. The highest BCUT2D eigenvalue weighted by Gasteiger charge is 2.11. The van der Waals surface area contributed by atoms with Crippen LogP contribution in [-0.2, 0) is 11.2 Å². The van der Waals surface area contributed by atoms with Crippen LogP contribution in [0, 0.1) is 0 Å². The van der Waals surface area contributed by atoms with Crippen molar-refractivity contribution in [3.05, 3.63) is 23.8 Å². The van der Waals surface area contributed by atoms with E-state index in [9.17, 15) is 0 Å². The molecule has 0 unspecified atom stereocenters. The molecule has 0 spiro atoms. The Kier molecular flexibility index (Phi) is 4.23. The summed E-state index contributed by atoms with van der Waals surface area (Å²) < 4.78 is 10.5. The van der Waals surface area contributed by atoms with Gasteiger partial charge in [0, 0.05) is 25.3 Å². The van der Waals surface area contributed by atoms with Gasteiger partial charge in [-0.2, -0.15) is 0 Å². The number of anilines is 1. The summed E-state index contributed by atoms with van der Waals surface area (Å²) in [4.78, 5) is 2.41. The van der Waals surface area contributed by atoms with Crippen molar-refractivity contribution in [3.63, 3.8) is 0 Å². The molecule has 1 saturated heterocycles. The SMILES string of the molecule is COc1ccc(N)c(CCN2CCOCC2)c1. The van der Waals surface area contributed by atoms with Gasteiger partial charge in [0.05, 0.1) is 20.3 Å². The molecule has 0 atom stereocenters. The monoisotopic (exact) mass is 236 g/mol. The van der Waals surface area contributed by atoms with Crippen LogP contribution in [0.1, 0.15) is 5.56 Å². The first kappa shape index (κ1) is 12.2. The van der Waals surface area contributed by atoms with Gasteiger partial charge in [0.25, 0.3) is 0 Å². The molecule has 4 heteroatoms. The Morgan fingerprint density at radius 3 is 2.82 bits per heavy atom. The molecule has 1 fully saturated rings. The van der Waals surface area contributed by atoms with Crippen molar-refractivity contribution in [3.8, 4) is 5.75 Å². The number of rotatable bonds is 4. The van der Waals surface area contributed by atoms with Gasteiger partial charge < -0.3 is 15.2 Å². The minimum Gasteiger partial charge on any atom is -0.497 e. The summed E-state index contributed by atoms with van der Waals surface area (Å²) in [5.74, 6) is 0.871. The molecule has 0 aromatic heterocycles. The van der Waals surface area contributed by atoms with Crippen molar-refractivity contribution in [2.75, 3.05) is 45.7 Å². The van der Waals surface area contributed by atoms with E-state index >= 15 is 0 Å². The van der Waals surface area contributed by atoms with Crippen LogP contribution in [0.4, 0.5) is 5.69 Å². The Balaban J connectivity index is 1.92. The Bertz CT molecular complexity index is 362. The predicted octanol–water partition coefficient (Wildman–Crippen LogP) is 1.15. The van der Waals surface area contributed by atoms with Crippen molar-refractivity contribution >= 4 is 5.69 Å². The molecule has 1 heterocycles. The molecule has 94 valence electrons. The molecule has 0 radical (unpaired) electrons. The van der Waals surface area contributed by atoms with Crippen LogP contribution in [0.2, 0.25) is 0 Å². The van der Waals surface area contributed by atoms with Gasteiger partial charge in [-0.1, -0.05) is 0 Å². The largest absolute Gasteiger partial charge is 0.497 e. The Morgan fingerprint density at radius 1 is 1.35 bits per heavy atom. The number of morpholine rings is 1.